The molecule has 142 valence electrons. The van der Waals surface area contributed by atoms with Crippen molar-refractivity contribution in [3.05, 3.63) is 77.2 Å². The third-order valence-corrected chi connectivity index (χ3v) is 5.07. The summed E-state index contributed by atoms with van der Waals surface area (Å²) in [4.78, 5) is 12.7. The number of carbonyl (C=O) groups is 1. The van der Waals surface area contributed by atoms with Gasteiger partial charge in [0.15, 0.2) is 0 Å². The molecule has 0 radical (unpaired) electrons. The molecule has 1 aromatic heterocycles. The molecule has 0 aliphatic rings. The summed E-state index contributed by atoms with van der Waals surface area (Å²) in [6, 6.07) is 15.6. The molecule has 4 rings (SSSR count). The van der Waals surface area contributed by atoms with Crippen molar-refractivity contribution in [1.29, 1.82) is 0 Å². The number of hydrogen-bond donors (Lipinski definition) is 1. The summed E-state index contributed by atoms with van der Waals surface area (Å²) >= 11 is 0. The van der Waals surface area contributed by atoms with Gasteiger partial charge in [0.1, 0.15) is 11.6 Å². The van der Waals surface area contributed by atoms with E-state index in [2.05, 4.69) is 0 Å². The summed E-state index contributed by atoms with van der Waals surface area (Å²) < 4.78 is 21.5. The number of aromatic nitrogens is 1. The monoisotopic (exact) mass is 377 g/mol. The number of rotatable bonds is 4. The van der Waals surface area contributed by atoms with E-state index < -0.39 is 5.97 Å². The second-order valence-electron chi connectivity index (χ2n) is 6.70. The third kappa shape index (κ3) is 2.80. The quantitative estimate of drug-likeness (QED) is 0.499. The fourth-order valence-electron chi connectivity index (χ4n) is 3.78. The molecular formula is C23H20FNO3. The average Bonchev–Trinajstić information content (AvgIpc) is 2.95. The summed E-state index contributed by atoms with van der Waals surface area (Å²) in [6.45, 7) is 4.08. The van der Waals surface area contributed by atoms with Gasteiger partial charge in [-0.3, -0.25) is 0 Å². The van der Waals surface area contributed by atoms with Crippen LogP contribution in [-0.4, -0.2) is 22.2 Å². The highest BCUT2D eigenvalue weighted by atomic mass is 19.1. The minimum absolute atomic E-state index is 0.0942. The van der Waals surface area contributed by atoms with E-state index in [1.165, 1.54) is 6.07 Å². The van der Waals surface area contributed by atoms with Crippen LogP contribution in [-0.2, 0) is 11.3 Å². The summed E-state index contributed by atoms with van der Waals surface area (Å²) in [5.41, 5.74) is 2.37. The van der Waals surface area contributed by atoms with Crippen molar-refractivity contribution in [3.63, 3.8) is 0 Å². The Morgan fingerprint density at radius 3 is 2.46 bits per heavy atom. The van der Waals surface area contributed by atoms with Crippen molar-refractivity contribution in [2.24, 2.45) is 0 Å². The highest BCUT2D eigenvalue weighted by Gasteiger charge is 2.24. The Morgan fingerprint density at radius 1 is 1.07 bits per heavy atom. The van der Waals surface area contributed by atoms with Crippen molar-refractivity contribution in [3.8, 4) is 5.75 Å². The van der Waals surface area contributed by atoms with Crippen LogP contribution in [0.25, 0.3) is 21.7 Å². The highest BCUT2D eigenvalue weighted by molar-refractivity contribution is 6.16. The van der Waals surface area contributed by atoms with Gasteiger partial charge in [-0.2, -0.15) is 0 Å². The number of esters is 1. The number of phenols is 1. The molecule has 4 nitrogen and oxygen atoms in total. The lowest BCUT2D eigenvalue weighted by Gasteiger charge is -2.12. The van der Waals surface area contributed by atoms with Crippen molar-refractivity contribution < 1.29 is 19.0 Å². The number of phenolic OH excluding ortho intramolecular Hbond substituents is 1. The van der Waals surface area contributed by atoms with E-state index in [0.717, 1.165) is 10.9 Å². The molecule has 0 aliphatic heterocycles. The van der Waals surface area contributed by atoms with Crippen molar-refractivity contribution in [1.82, 2.24) is 4.57 Å². The van der Waals surface area contributed by atoms with E-state index in [9.17, 15) is 14.3 Å². The van der Waals surface area contributed by atoms with Gasteiger partial charge in [-0.15, -0.1) is 0 Å². The first-order chi connectivity index (χ1) is 13.5. The van der Waals surface area contributed by atoms with Crippen molar-refractivity contribution in [2.45, 2.75) is 20.4 Å². The minimum Gasteiger partial charge on any atom is -0.507 e. The van der Waals surface area contributed by atoms with E-state index in [1.54, 1.807) is 31.2 Å². The molecule has 1 N–H and O–H groups in total. The molecule has 0 saturated carbocycles. The maximum absolute atomic E-state index is 14.3. The highest BCUT2D eigenvalue weighted by Crippen LogP contribution is 2.38. The molecule has 5 heteroatoms. The van der Waals surface area contributed by atoms with E-state index in [0.29, 0.717) is 27.6 Å². The average molecular weight is 377 g/mol. The summed E-state index contributed by atoms with van der Waals surface area (Å²) in [5, 5.41) is 12.6. The van der Waals surface area contributed by atoms with Gasteiger partial charge in [0.25, 0.3) is 0 Å². The van der Waals surface area contributed by atoms with Gasteiger partial charge in [0.2, 0.25) is 0 Å². The predicted molar refractivity (Wildman–Crippen MR) is 107 cm³/mol. The Balaban J connectivity index is 2.08. The molecule has 1 heterocycles. The fourth-order valence-corrected chi connectivity index (χ4v) is 3.78. The van der Waals surface area contributed by atoms with Crippen LogP contribution >= 0.6 is 0 Å². The van der Waals surface area contributed by atoms with Gasteiger partial charge in [-0.1, -0.05) is 42.5 Å². The summed E-state index contributed by atoms with van der Waals surface area (Å²) in [5.74, 6) is -0.659. The molecule has 0 unspecified atom stereocenters. The molecule has 4 aromatic rings. The van der Waals surface area contributed by atoms with Gasteiger partial charge < -0.3 is 14.4 Å². The SMILES string of the molecule is CCOC(=O)c1c(C)n(Cc2ccccc2F)c2c1cc(O)c1ccccc12. The Kier molecular flexibility index (Phi) is 4.51. The summed E-state index contributed by atoms with van der Waals surface area (Å²) in [7, 11) is 0. The molecule has 0 atom stereocenters. The lowest BCUT2D eigenvalue weighted by molar-refractivity contribution is 0.0527. The fraction of sp³-hybridized carbons (Fsp3) is 0.174. The van der Waals surface area contributed by atoms with Gasteiger partial charge >= 0.3 is 5.97 Å². The number of fused-ring (bicyclic) bond motifs is 3. The Morgan fingerprint density at radius 2 is 1.75 bits per heavy atom. The molecular weight excluding hydrogens is 357 g/mol. The van der Waals surface area contributed by atoms with Crippen LogP contribution in [0.4, 0.5) is 4.39 Å². The number of carbonyl (C=O) groups excluding carboxylic acids is 1. The molecule has 0 spiro atoms. The maximum Gasteiger partial charge on any atom is 0.340 e. The zero-order valence-corrected chi connectivity index (χ0v) is 15.7. The molecule has 0 bridgehead atoms. The van der Waals surface area contributed by atoms with Gasteiger partial charge in [-0.25, -0.2) is 9.18 Å². The van der Waals surface area contributed by atoms with Gasteiger partial charge in [0, 0.05) is 27.4 Å². The van der Waals surface area contributed by atoms with Crippen LogP contribution in [0.15, 0.2) is 54.6 Å². The standard InChI is InChI=1S/C23H20FNO3/c1-3-28-23(27)21-14(2)25(13-15-8-4-7-11-19(15)24)22-17-10-6-5-9-16(17)20(26)12-18(21)22/h4-12,26H,3,13H2,1-2H3. The maximum atomic E-state index is 14.3. The van der Waals surface area contributed by atoms with Gasteiger partial charge in [0.05, 0.1) is 24.2 Å². The first-order valence-electron chi connectivity index (χ1n) is 9.17. The molecule has 0 amide bonds. The first-order valence-corrected chi connectivity index (χ1v) is 9.17. The second kappa shape index (κ2) is 7.00. The lowest BCUT2D eigenvalue weighted by Crippen LogP contribution is -2.08. The zero-order valence-electron chi connectivity index (χ0n) is 15.7. The number of halogens is 1. The Bertz CT molecular complexity index is 1210. The molecule has 0 saturated heterocycles. The Labute approximate surface area is 161 Å². The van der Waals surface area contributed by atoms with Crippen molar-refractivity contribution >= 4 is 27.6 Å². The van der Waals surface area contributed by atoms with Crippen LogP contribution < -0.4 is 0 Å². The number of benzene rings is 3. The topological polar surface area (TPSA) is 51.5 Å². The van der Waals surface area contributed by atoms with Crippen LogP contribution in [0.1, 0.15) is 28.5 Å². The van der Waals surface area contributed by atoms with Gasteiger partial charge in [-0.05, 0) is 26.0 Å². The first kappa shape index (κ1) is 18.0. The van der Waals surface area contributed by atoms with Crippen LogP contribution in [0.5, 0.6) is 5.75 Å². The van der Waals surface area contributed by atoms with E-state index >= 15 is 0 Å². The zero-order chi connectivity index (χ0) is 19.8. The normalized spacial score (nSPS) is 11.2. The van der Waals surface area contributed by atoms with Crippen LogP contribution in [0.2, 0.25) is 0 Å². The number of nitrogens with zero attached hydrogens (tertiary/aromatic N) is 1. The predicted octanol–water partition coefficient (Wildman–Crippen LogP) is 5.17. The Hall–Kier alpha value is -3.34. The second-order valence-corrected chi connectivity index (χ2v) is 6.70. The molecule has 28 heavy (non-hydrogen) atoms. The van der Waals surface area contributed by atoms with E-state index in [-0.39, 0.29) is 24.7 Å². The molecule has 3 aromatic carbocycles. The van der Waals surface area contributed by atoms with Crippen LogP contribution in [0.3, 0.4) is 0 Å². The minimum atomic E-state index is -0.452. The summed E-state index contributed by atoms with van der Waals surface area (Å²) in [6.07, 6.45) is 0. The third-order valence-electron chi connectivity index (χ3n) is 5.07. The molecule has 0 fully saturated rings. The number of hydrogen-bond acceptors (Lipinski definition) is 3. The molecule has 0 aliphatic carbocycles. The number of aromatic hydroxyl groups is 1. The van der Waals surface area contributed by atoms with Crippen LogP contribution in [0, 0.1) is 12.7 Å². The van der Waals surface area contributed by atoms with E-state index in [1.807, 2.05) is 35.8 Å². The van der Waals surface area contributed by atoms with E-state index in [4.69, 9.17) is 4.74 Å². The lowest BCUT2D eigenvalue weighted by atomic mass is 10.0. The van der Waals surface area contributed by atoms with Crippen molar-refractivity contribution in [2.75, 3.05) is 6.61 Å². The smallest absolute Gasteiger partial charge is 0.340 e. The number of ether oxygens (including phenoxy) is 1. The largest absolute Gasteiger partial charge is 0.507 e.